The van der Waals surface area contributed by atoms with E-state index >= 15 is 0 Å². The van der Waals surface area contributed by atoms with E-state index in [2.05, 4.69) is 0 Å². The van der Waals surface area contributed by atoms with E-state index in [4.69, 9.17) is 9.47 Å². The highest BCUT2D eigenvalue weighted by Gasteiger charge is 2.25. The number of fused-ring (bicyclic) bond motifs is 1. The molecule has 0 saturated heterocycles. The molecule has 1 aliphatic heterocycles. The summed E-state index contributed by atoms with van der Waals surface area (Å²) in [5.74, 6) is 1.49. The molecule has 90 valence electrons. The van der Waals surface area contributed by atoms with Crippen LogP contribution in [0.25, 0.3) is 0 Å². The molecule has 0 fully saturated rings. The summed E-state index contributed by atoms with van der Waals surface area (Å²) in [4.78, 5) is 11.9. The Kier molecular flexibility index (Phi) is 3.47. The summed E-state index contributed by atoms with van der Waals surface area (Å²) in [6.45, 7) is 1.96. The Morgan fingerprint density at radius 1 is 1.53 bits per heavy atom. The molecule has 1 aromatic carbocycles. The summed E-state index contributed by atoms with van der Waals surface area (Å²) in [6, 6.07) is 5.32. The van der Waals surface area contributed by atoms with Gasteiger partial charge < -0.3 is 9.47 Å². The minimum atomic E-state index is -0.0571. The quantitative estimate of drug-likeness (QED) is 0.751. The summed E-state index contributed by atoms with van der Waals surface area (Å²) < 4.78 is 10.9. The van der Waals surface area contributed by atoms with Gasteiger partial charge in [0.2, 0.25) is 0 Å². The Balaban J connectivity index is 2.24. The van der Waals surface area contributed by atoms with Crippen molar-refractivity contribution in [3.63, 3.8) is 0 Å². The van der Waals surface area contributed by atoms with Gasteiger partial charge in [0.05, 0.1) is 12.7 Å². The second-order valence-corrected chi connectivity index (χ2v) is 4.03. The van der Waals surface area contributed by atoms with E-state index in [1.165, 1.54) is 0 Å². The predicted octanol–water partition coefficient (Wildman–Crippen LogP) is 3.00. The molecule has 17 heavy (non-hydrogen) atoms. The van der Waals surface area contributed by atoms with Gasteiger partial charge in [-0.1, -0.05) is 12.2 Å². The van der Waals surface area contributed by atoms with Gasteiger partial charge in [-0.15, -0.1) is 0 Å². The van der Waals surface area contributed by atoms with Gasteiger partial charge >= 0.3 is 0 Å². The molecule has 1 heterocycles. The fourth-order valence-corrected chi connectivity index (χ4v) is 1.91. The number of ether oxygens (including phenoxy) is 2. The highest BCUT2D eigenvalue weighted by atomic mass is 16.5. The third-order valence-electron chi connectivity index (χ3n) is 2.83. The van der Waals surface area contributed by atoms with Crippen LogP contribution in [-0.2, 0) is 0 Å². The number of hydrogen-bond acceptors (Lipinski definition) is 3. The van der Waals surface area contributed by atoms with Gasteiger partial charge in [-0.25, -0.2) is 0 Å². The number of carbonyl (C=O) groups is 1. The Hall–Kier alpha value is -1.77. The van der Waals surface area contributed by atoms with Crippen LogP contribution < -0.4 is 9.47 Å². The van der Waals surface area contributed by atoms with Gasteiger partial charge in [-0.3, -0.25) is 4.79 Å². The first kappa shape index (κ1) is 11.7. The number of hydrogen-bond donors (Lipinski definition) is 0. The van der Waals surface area contributed by atoms with Crippen molar-refractivity contribution in [2.45, 2.75) is 25.9 Å². The lowest BCUT2D eigenvalue weighted by atomic mass is 9.99. The average Bonchev–Trinajstić information content (AvgIpc) is 2.35. The first-order valence-electron chi connectivity index (χ1n) is 5.73. The molecule has 2 rings (SSSR count). The molecule has 1 aromatic rings. The maximum absolute atomic E-state index is 11.9. The summed E-state index contributed by atoms with van der Waals surface area (Å²) >= 11 is 0. The number of ketones is 1. The van der Waals surface area contributed by atoms with Crippen molar-refractivity contribution < 1.29 is 14.3 Å². The van der Waals surface area contributed by atoms with Crippen LogP contribution in [0.3, 0.4) is 0 Å². The number of methoxy groups -OCH3 is 1. The van der Waals surface area contributed by atoms with Crippen LogP contribution in [0, 0.1) is 0 Å². The van der Waals surface area contributed by atoms with E-state index in [1.807, 2.05) is 19.1 Å². The van der Waals surface area contributed by atoms with Crippen molar-refractivity contribution in [1.82, 2.24) is 0 Å². The van der Waals surface area contributed by atoms with E-state index in [1.54, 1.807) is 25.3 Å². The van der Waals surface area contributed by atoms with Crippen LogP contribution >= 0.6 is 0 Å². The first-order chi connectivity index (χ1) is 8.24. The molecule has 0 radical (unpaired) electrons. The van der Waals surface area contributed by atoms with Crippen LogP contribution in [0.15, 0.2) is 30.4 Å². The lowest BCUT2D eigenvalue weighted by molar-refractivity contribution is 0.0853. The molecule has 0 amide bonds. The maximum Gasteiger partial charge on any atom is 0.170 e. The van der Waals surface area contributed by atoms with Crippen LogP contribution in [0.2, 0.25) is 0 Å². The zero-order chi connectivity index (χ0) is 12.3. The standard InChI is InChI=1S/C14H16O3/c1-3-4-5-11-8-13(15)12-7-6-10(16-2)9-14(12)17-11/h3-4,6-7,9,11H,5,8H2,1-2H3/b4-3+. The molecule has 0 bridgehead atoms. The number of benzene rings is 1. The summed E-state index contributed by atoms with van der Waals surface area (Å²) in [6.07, 6.45) is 5.14. The van der Waals surface area contributed by atoms with E-state index in [0.717, 1.165) is 6.42 Å². The molecular weight excluding hydrogens is 216 g/mol. The second kappa shape index (κ2) is 5.04. The van der Waals surface area contributed by atoms with Gasteiger partial charge in [-0.2, -0.15) is 0 Å². The molecule has 0 spiro atoms. The number of Topliss-reactive ketones (excluding diaryl/α,β-unsaturated/α-hetero) is 1. The fourth-order valence-electron chi connectivity index (χ4n) is 1.91. The summed E-state index contributed by atoms with van der Waals surface area (Å²) in [5, 5.41) is 0. The molecule has 3 nitrogen and oxygen atoms in total. The normalized spacial score (nSPS) is 18.9. The van der Waals surface area contributed by atoms with Gasteiger partial charge in [-0.05, 0) is 19.1 Å². The molecule has 3 heteroatoms. The maximum atomic E-state index is 11.9. The topological polar surface area (TPSA) is 35.5 Å². The van der Waals surface area contributed by atoms with Gasteiger partial charge in [0, 0.05) is 18.9 Å². The zero-order valence-electron chi connectivity index (χ0n) is 10.1. The second-order valence-electron chi connectivity index (χ2n) is 4.03. The SMILES string of the molecule is C/C=C/CC1CC(=O)c2ccc(OC)cc2O1. The molecule has 1 aliphatic rings. The van der Waals surface area contributed by atoms with Crippen LogP contribution in [0.4, 0.5) is 0 Å². The highest BCUT2D eigenvalue weighted by Crippen LogP contribution is 2.32. The molecule has 0 saturated carbocycles. The van der Waals surface area contributed by atoms with Crippen molar-refractivity contribution in [3.05, 3.63) is 35.9 Å². The van der Waals surface area contributed by atoms with Crippen LogP contribution in [0.1, 0.15) is 30.1 Å². The van der Waals surface area contributed by atoms with Gasteiger partial charge in [0.25, 0.3) is 0 Å². The average molecular weight is 232 g/mol. The van der Waals surface area contributed by atoms with E-state index in [0.29, 0.717) is 23.5 Å². The van der Waals surface area contributed by atoms with Crippen LogP contribution in [-0.4, -0.2) is 19.0 Å². The summed E-state index contributed by atoms with van der Waals surface area (Å²) in [7, 11) is 1.60. The van der Waals surface area contributed by atoms with Crippen LogP contribution in [0.5, 0.6) is 11.5 Å². The highest BCUT2D eigenvalue weighted by molar-refractivity contribution is 6.00. The Bertz CT molecular complexity index is 449. The molecule has 0 aromatic heterocycles. The Labute approximate surface area is 101 Å². The van der Waals surface area contributed by atoms with E-state index < -0.39 is 0 Å². The zero-order valence-corrected chi connectivity index (χ0v) is 10.1. The van der Waals surface area contributed by atoms with E-state index in [9.17, 15) is 4.79 Å². The predicted molar refractivity (Wildman–Crippen MR) is 65.8 cm³/mol. The molecule has 1 atom stereocenters. The number of rotatable bonds is 3. The third-order valence-corrected chi connectivity index (χ3v) is 2.83. The van der Waals surface area contributed by atoms with E-state index in [-0.39, 0.29) is 11.9 Å². The van der Waals surface area contributed by atoms with Gasteiger partial charge in [0.1, 0.15) is 17.6 Å². The molecule has 1 unspecified atom stereocenters. The lowest BCUT2D eigenvalue weighted by Crippen LogP contribution is -2.26. The molecular formula is C14H16O3. The Morgan fingerprint density at radius 3 is 3.06 bits per heavy atom. The molecule has 0 aliphatic carbocycles. The third kappa shape index (κ3) is 2.49. The first-order valence-corrected chi connectivity index (χ1v) is 5.73. The molecule has 0 N–H and O–H groups in total. The Morgan fingerprint density at radius 2 is 2.35 bits per heavy atom. The van der Waals surface area contributed by atoms with Crippen molar-refractivity contribution >= 4 is 5.78 Å². The lowest BCUT2D eigenvalue weighted by Gasteiger charge is -2.24. The monoisotopic (exact) mass is 232 g/mol. The number of allylic oxidation sites excluding steroid dienone is 1. The van der Waals surface area contributed by atoms with Crippen molar-refractivity contribution in [2.75, 3.05) is 7.11 Å². The minimum absolute atomic E-state index is 0.0571. The van der Waals surface area contributed by atoms with Crippen molar-refractivity contribution in [1.29, 1.82) is 0 Å². The van der Waals surface area contributed by atoms with Crippen molar-refractivity contribution in [2.24, 2.45) is 0 Å². The van der Waals surface area contributed by atoms with Crippen molar-refractivity contribution in [3.8, 4) is 11.5 Å². The largest absolute Gasteiger partial charge is 0.497 e. The fraction of sp³-hybridized carbons (Fsp3) is 0.357. The number of carbonyl (C=O) groups excluding carboxylic acids is 1. The smallest absolute Gasteiger partial charge is 0.170 e. The minimum Gasteiger partial charge on any atom is -0.497 e. The summed E-state index contributed by atoms with van der Waals surface area (Å²) in [5.41, 5.74) is 0.655. The van der Waals surface area contributed by atoms with Gasteiger partial charge in [0.15, 0.2) is 5.78 Å².